The Morgan fingerprint density at radius 2 is 2.13 bits per heavy atom. The second-order valence-corrected chi connectivity index (χ2v) is 8.59. The first kappa shape index (κ1) is 19.8. The lowest BCUT2D eigenvalue weighted by atomic mass is 10.1. The van der Waals surface area contributed by atoms with E-state index in [9.17, 15) is 4.79 Å². The summed E-state index contributed by atoms with van der Waals surface area (Å²) in [4.78, 5) is 17.4. The Labute approximate surface area is 181 Å². The molecule has 2 fully saturated rings. The number of nitrogens with one attached hydrogen (secondary N) is 1. The fourth-order valence-electron chi connectivity index (χ4n) is 4.39. The number of likely N-dealkylation sites (N-methyl/N-ethyl adjacent to an activating group) is 1. The van der Waals surface area contributed by atoms with Gasteiger partial charge in [0.2, 0.25) is 5.78 Å². The molecule has 5 rings (SSSR count). The van der Waals surface area contributed by atoms with Crippen molar-refractivity contribution in [1.82, 2.24) is 14.9 Å². The normalized spacial score (nSPS) is 21.7. The minimum Gasteiger partial charge on any atom is -0.490 e. The van der Waals surface area contributed by atoms with Crippen molar-refractivity contribution < 1.29 is 18.8 Å². The van der Waals surface area contributed by atoms with E-state index in [-0.39, 0.29) is 5.78 Å². The molecule has 8 heteroatoms. The largest absolute Gasteiger partial charge is 0.490 e. The first-order chi connectivity index (χ1) is 15.1. The van der Waals surface area contributed by atoms with Crippen molar-refractivity contribution in [2.24, 2.45) is 4.99 Å². The number of hydrogen-bond acceptors (Lipinski definition) is 6. The average Bonchev–Trinajstić information content (AvgIpc) is 3.12. The van der Waals surface area contributed by atoms with E-state index in [0.717, 1.165) is 16.5 Å². The molecule has 0 aromatic carbocycles. The number of ether oxygens (including phenoxy) is 2. The fourth-order valence-corrected chi connectivity index (χ4v) is 4.39. The molecule has 3 aliphatic rings. The molecule has 2 aromatic rings. The minimum absolute atomic E-state index is 0.163. The predicted octanol–water partition coefficient (Wildman–Crippen LogP) is 2.39. The van der Waals surface area contributed by atoms with Gasteiger partial charge in [0, 0.05) is 24.9 Å². The quantitative estimate of drug-likeness (QED) is 0.591. The molecule has 0 bridgehead atoms. The topological polar surface area (TPSA) is 77.2 Å². The average molecular weight is 423 g/mol. The number of nitrogens with zero attached hydrogens (tertiary/aromatic N) is 4. The second-order valence-electron chi connectivity index (χ2n) is 8.59. The maximum absolute atomic E-state index is 12.7. The fraction of sp³-hybridized carbons (Fsp3) is 0.435. The molecule has 0 atom stereocenters. The summed E-state index contributed by atoms with van der Waals surface area (Å²) in [5.74, 6) is 0.932. The van der Waals surface area contributed by atoms with Crippen molar-refractivity contribution >= 4 is 22.7 Å². The van der Waals surface area contributed by atoms with Crippen LogP contribution in [0.1, 0.15) is 19.3 Å². The van der Waals surface area contributed by atoms with Gasteiger partial charge in [0.15, 0.2) is 5.69 Å². The third-order valence-electron chi connectivity index (χ3n) is 6.22. The number of fused-ring (bicyclic) bond motifs is 2. The summed E-state index contributed by atoms with van der Waals surface area (Å²) in [5.41, 5.74) is 2.40. The number of piperidine rings is 1. The van der Waals surface area contributed by atoms with Gasteiger partial charge in [0.1, 0.15) is 31.2 Å². The molecule has 2 aromatic heterocycles. The summed E-state index contributed by atoms with van der Waals surface area (Å²) in [7, 11) is 2.29. The zero-order chi connectivity index (χ0) is 21.3. The Bertz CT molecular complexity index is 1090. The SMILES string of the molecule is C[N+]1(CCOc2nn3ccccc3c2N=C2C=C3OCCNC3=CC2=O)CCCCC1. The van der Waals surface area contributed by atoms with Crippen molar-refractivity contribution in [3.05, 3.63) is 48.0 Å². The van der Waals surface area contributed by atoms with E-state index in [4.69, 9.17) is 9.47 Å². The Morgan fingerprint density at radius 3 is 3.00 bits per heavy atom. The van der Waals surface area contributed by atoms with Crippen LogP contribution in [0.2, 0.25) is 0 Å². The van der Waals surface area contributed by atoms with Crippen LogP contribution in [-0.4, -0.2) is 72.0 Å². The highest BCUT2D eigenvalue weighted by atomic mass is 16.5. The standard InChI is InChI=1S/C23H27N5O3/c1-28(10-5-2-6-11-28)12-14-31-23-22(19-7-3-4-9-27(19)26-23)25-17-16-21-18(15-20(17)29)24-8-13-30-21/h3-4,7,9,15-16H,2,5-6,8,10-14H2,1H3/p+1. The Kier molecular flexibility index (Phi) is 5.23. The number of carbonyl (C=O) groups excluding carboxylic acids is 1. The molecular weight excluding hydrogens is 394 g/mol. The number of allylic oxidation sites excluding steroid dienone is 2. The van der Waals surface area contributed by atoms with Crippen LogP contribution in [0.15, 0.2) is 53.0 Å². The van der Waals surface area contributed by atoms with Gasteiger partial charge < -0.3 is 19.3 Å². The molecule has 4 heterocycles. The number of aliphatic imine (C=N–C) groups is 1. The van der Waals surface area contributed by atoms with E-state index >= 15 is 0 Å². The molecule has 162 valence electrons. The van der Waals surface area contributed by atoms with Gasteiger partial charge in [-0.3, -0.25) is 4.79 Å². The van der Waals surface area contributed by atoms with Crippen LogP contribution in [0.4, 0.5) is 5.69 Å². The highest BCUT2D eigenvalue weighted by Crippen LogP contribution is 2.33. The van der Waals surface area contributed by atoms with Crippen LogP contribution in [0.25, 0.3) is 5.52 Å². The molecule has 1 aliphatic carbocycles. The van der Waals surface area contributed by atoms with Gasteiger partial charge in [-0.2, -0.15) is 0 Å². The number of carbonyl (C=O) groups is 1. The molecule has 31 heavy (non-hydrogen) atoms. The smallest absolute Gasteiger partial charge is 0.260 e. The van der Waals surface area contributed by atoms with E-state index in [0.29, 0.717) is 48.5 Å². The Morgan fingerprint density at radius 1 is 1.26 bits per heavy atom. The maximum Gasteiger partial charge on any atom is 0.260 e. The van der Waals surface area contributed by atoms with Crippen LogP contribution in [0.3, 0.4) is 0 Å². The van der Waals surface area contributed by atoms with Gasteiger partial charge in [0.05, 0.1) is 31.4 Å². The summed E-state index contributed by atoms with van der Waals surface area (Å²) >= 11 is 0. The van der Waals surface area contributed by atoms with E-state index in [1.54, 1.807) is 16.7 Å². The predicted molar refractivity (Wildman–Crippen MR) is 118 cm³/mol. The molecule has 0 spiro atoms. The molecule has 0 unspecified atom stereocenters. The van der Waals surface area contributed by atoms with E-state index in [1.165, 1.54) is 32.4 Å². The first-order valence-electron chi connectivity index (χ1n) is 11.0. The zero-order valence-corrected chi connectivity index (χ0v) is 17.8. The van der Waals surface area contributed by atoms with E-state index in [1.807, 2.05) is 24.4 Å². The van der Waals surface area contributed by atoms with Crippen LogP contribution < -0.4 is 10.1 Å². The van der Waals surface area contributed by atoms with E-state index in [2.05, 4.69) is 22.5 Å². The Hall–Kier alpha value is -3.13. The second kappa shape index (κ2) is 8.19. The molecule has 2 aliphatic heterocycles. The number of aromatic nitrogens is 2. The third kappa shape index (κ3) is 4.07. The molecule has 0 radical (unpaired) electrons. The van der Waals surface area contributed by atoms with Crippen molar-refractivity contribution in [3.8, 4) is 5.88 Å². The number of likely N-dealkylation sites (tertiary alicyclic amines) is 1. The molecule has 1 N–H and O–H groups in total. The highest BCUT2D eigenvalue weighted by Gasteiger charge is 2.26. The molecule has 0 amide bonds. The van der Waals surface area contributed by atoms with Crippen molar-refractivity contribution in [1.29, 1.82) is 0 Å². The number of rotatable bonds is 5. The maximum atomic E-state index is 12.7. The van der Waals surface area contributed by atoms with Gasteiger partial charge >= 0.3 is 0 Å². The highest BCUT2D eigenvalue weighted by molar-refractivity contribution is 6.49. The molecule has 2 saturated heterocycles. The number of ketones is 1. The number of quaternary nitrogens is 1. The van der Waals surface area contributed by atoms with Gasteiger partial charge in [-0.05, 0) is 31.4 Å². The minimum atomic E-state index is -0.163. The summed E-state index contributed by atoms with van der Waals surface area (Å²) in [6.07, 6.45) is 8.96. The van der Waals surface area contributed by atoms with Crippen LogP contribution in [0, 0.1) is 0 Å². The van der Waals surface area contributed by atoms with Gasteiger partial charge in [-0.15, -0.1) is 5.10 Å². The molecular formula is C23H28N5O3+. The first-order valence-corrected chi connectivity index (χ1v) is 11.0. The van der Waals surface area contributed by atoms with Crippen molar-refractivity contribution in [2.75, 3.05) is 46.4 Å². The monoisotopic (exact) mass is 422 g/mol. The van der Waals surface area contributed by atoms with Gasteiger partial charge in [0.25, 0.3) is 5.88 Å². The Balaban J connectivity index is 1.43. The van der Waals surface area contributed by atoms with Crippen LogP contribution >= 0.6 is 0 Å². The zero-order valence-electron chi connectivity index (χ0n) is 17.8. The van der Waals surface area contributed by atoms with E-state index < -0.39 is 0 Å². The number of morpholine rings is 1. The molecule has 8 nitrogen and oxygen atoms in total. The van der Waals surface area contributed by atoms with Crippen molar-refractivity contribution in [2.45, 2.75) is 19.3 Å². The van der Waals surface area contributed by atoms with Crippen molar-refractivity contribution in [3.63, 3.8) is 0 Å². The summed E-state index contributed by atoms with van der Waals surface area (Å²) in [6.45, 7) is 5.12. The lowest BCUT2D eigenvalue weighted by Gasteiger charge is -2.37. The van der Waals surface area contributed by atoms with Crippen LogP contribution in [-0.2, 0) is 9.53 Å². The summed E-state index contributed by atoms with van der Waals surface area (Å²) in [5, 5.41) is 7.76. The lowest BCUT2D eigenvalue weighted by molar-refractivity contribution is -0.914. The third-order valence-corrected chi connectivity index (χ3v) is 6.22. The summed E-state index contributed by atoms with van der Waals surface area (Å²) in [6, 6.07) is 5.76. The number of hydrogen-bond donors (Lipinski definition) is 1. The molecule has 0 saturated carbocycles. The number of pyridine rings is 1. The lowest BCUT2D eigenvalue weighted by Crippen LogP contribution is -2.50. The van der Waals surface area contributed by atoms with Gasteiger partial charge in [-0.1, -0.05) is 6.07 Å². The summed E-state index contributed by atoms with van der Waals surface area (Å²) < 4.78 is 14.6. The van der Waals surface area contributed by atoms with Crippen LogP contribution in [0.5, 0.6) is 5.88 Å². The van der Waals surface area contributed by atoms with Gasteiger partial charge in [-0.25, -0.2) is 9.51 Å².